The third-order valence-corrected chi connectivity index (χ3v) is 3.68. The van der Waals surface area contributed by atoms with Gasteiger partial charge in [0.1, 0.15) is 12.4 Å². The first kappa shape index (κ1) is 16.3. The van der Waals surface area contributed by atoms with Crippen molar-refractivity contribution in [1.29, 1.82) is 0 Å². The standard InChI is InChI=1S/C18H24N2O2/c1-3-11-18(2,19)17(21)20-12-13-22-16-10-6-8-14-7-4-5-9-15(14)16/h4-10H,3,11-13,19H2,1-2H3,(H,20,21). The molecule has 118 valence electrons. The van der Waals surface area contributed by atoms with Crippen LogP contribution in [0, 0.1) is 0 Å². The highest BCUT2D eigenvalue weighted by molar-refractivity contribution is 5.88. The maximum atomic E-state index is 12.0. The van der Waals surface area contributed by atoms with Gasteiger partial charge in [-0.15, -0.1) is 0 Å². The molecule has 0 saturated heterocycles. The van der Waals surface area contributed by atoms with E-state index in [-0.39, 0.29) is 5.91 Å². The lowest BCUT2D eigenvalue weighted by atomic mass is 9.97. The lowest BCUT2D eigenvalue weighted by Gasteiger charge is -2.22. The van der Waals surface area contributed by atoms with Gasteiger partial charge in [0.25, 0.3) is 0 Å². The van der Waals surface area contributed by atoms with Gasteiger partial charge in [-0.05, 0) is 24.8 Å². The fourth-order valence-corrected chi connectivity index (χ4v) is 2.48. The zero-order chi connectivity index (χ0) is 16.0. The second kappa shape index (κ2) is 7.27. The summed E-state index contributed by atoms with van der Waals surface area (Å²) in [5, 5.41) is 5.05. The number of hydrogen-bond donors (Lipinski definition) is 2. The number of ether oxygens (including phenoxy) is 1. The van der Waals surface area contributed by atoms with Crippen LogP contribution < -0.4 is 15.8 Å². The monoisotopic (exact) mass is 300 g/mol. The van der Waals surface area contributed by atoms with Crippen LogP contribution in [0.5, 0.6) is 5.75 Å². The summed E-state index contributed by atoms with van der Waals surface area (Å²) in [6.45, 7) is 4.64. The molecule has 22 heavy (non-hydrogen) atoms. The number of benzene rings is 2. The largest absolute Gasteiger partial charge is 0.491 e. The molecular formula is C18H24N2O2. The molecule has 0 spiro atoms. The number of carbonyl (C=O) groups is 1. The second-order valence-electron chi connectivity index (χ2n) is 5.75. The van der Waals surface area contributed by atoms with E-state index < -0.39 is 5.54 Å². The van der Waals surface area contributed by atoms with Gasteiger partial charge in [-0.1, -0.05) is 49.7 Å². The third-order valence-electron chi connectivity index (χ3n) is 3.68. The highest BCUT2D eigenvalue weighted by atomic mass is 16.5. The van der Waals surface area contributed by atoms with Gasteiger partial charge in [0, 0.05) is 5.39 Å². The van der Waals surface area contributed by atoms with Crippen LogP contribution in [0.2, 0.25) is 0 Å². The molecule has 1 amide bonds. The number of hydrogen-bond acceptors (Lipinski definition) is 3. The fourth-order valence-electron chi connectivity index (χ4n) is 2.48. The molecule has 0 aliphatic heterocycles. The Morgan fingerprint density at radius 2 is 1.95 bits per heavy atom. The molecule has 0 aromatic heterocycles. The van der Waals surface area contributed by atoms with Crippen molar-refractivity contribution in [3.8, 4) is 5.75 Å². The molecule has 2 aromatic carbocycles. The number of nitrogens with two attached hydrogens (primary N) is 1. The minimum Gasteiger partial charge on any atom is -0.491 e. The quantitative estimate of drug-likeness (QED) is 0.773. The van der Waals surface area contributed by atoms with Crippen LogP contribution >= 0.6 is 0 Å². The minimum absolute atomic E-state index is 0.129. The lowest BCUT2D eigenvalue weighted by Crippen LogP contribution is -2.52. The Balaban J connectivity index is 1.87. The highest BCUT2D eigenvalue weighted by Gasteiger charge is 2.26. The van der Waals surface area contributed by atoms with Crippen molar-refractivity contribution < 1.29 is 9.53 Å². The van der Waals surface area contributed by atoms with Crippen LogP contribution in [-0.4, -0.2) is 24.6 Å². The van der Waals surface area contributed by atoms with E-state index in [2.05, 4.69) is 17.4 Å². The van der Waals surface area contributed by atoms with Crippen LogP contribution in [0.25, 0.3) is 10.8 Å². The van der Waals surface area contributed by atoms with E-state index in [1.807, 2.05) is 37.3 Å². The number of carbonyl (C=O) groups excluding carboxylic acids is 1. The molecule has 4 heteroatoms. The van der Waals surface area contributed by atoms with Crippen LogP contribution in [0.15, 0.2) is 42.5 Å². The summed E-state index contributed by atoms with van der Waals surface area (Å²) in [6.07, 6.45) is 1.55. The van der Waals surface area contributed by atoms with Crippen molar-refractivity contribution in [3.05, 3.63) is 42.5 Å². The molecule has 0 aliphatic carbocycles. The van der Waals surface area contributed by atoms with E-state index >= 15 is 0 Å². The zero-order valence-electron chi connectivity index (χ0n) is 13.3. The lowest BCUT2D eigenvalue weighted by molar-refractivity contribution is -0.126. The zero-order valence-corrected chi connectivity index (χ0v) is 13.3. The second-order valence-corrected chi connectivity index (χ2v) is 5.75. The normalized spacial score (nSPS) is 13.6. The number of nitrogens with one attached hydrogen (secondary N) is 1. The van der Waals surface area contributed by atoms with Gasteiger partial charge >= 0.3 is 0 Å². The Labute approximate surface area is 131 Å². The number of rotatable bonds is 7. The van der Waals surface area contributed by atoms with Crippen molar-refractivity contribution in [2.24, 2.45) is 5.73 Å². The molecule has 2 aromatic rings. The molecule has 0 saturated carbocycles. The molecule has 4 nitrogen and oxygen atoms in total. The van der Waals surface area contributed by atoms with E-state index in [4.69, 9.17) is 10.5 Å². The molecule has 0 bridgehead atoms. The summed E-state index contributed by atoms with van der Waals surface area (Å²) in [6, 6.07) is 14.0. The Kier molecular flexibility index (Phi) is 5.39. The topological polar surface area (TPSA) is 64.4 Å². The first-order valence-electron chi connectivity index (χ1n) is 7.72. The average molecular weight is 300 g/mol. The van der Waals surface area contributed by atoms with Crippen molar-refractivity contribution in [2.75, 3.05) is 13.2 Å². The third kappa shape index (κ3) is 3.98. The summed E-state index contributed by atoms with van der Waals surface area (Å²) < 4.78 is 5.79. The molecule has 0 heterocycles. The smallest absolute Gasteiger partial charge is 0.239 e. The van der Waals surface area contributed by atoms with Crippen molar-refractivity contribution in [3.63, 3.8) is 0 Å². The van der Waals surface area contributed by atoms with Crippen LogP contribution in [0.3, 0.4) is 0 Å². The molecule has 1 atom stereocenters. The Morgan fingerprint density at radius 3 is 2.73 bits per heavy atom. The minimum atomic E-state index is -0.811. The fraction of sp³-hybridized carbons (Fsp3) is 0.389. The van der Waals surface area contributed by atoms with E-state index in [0.717, 1.165) is 22.9 Å². The maximum absolute atomic E-state index is 12.0. The van der Waals surface area contributed by atoms with Gasteiger partial charge < -0.3 is 15.8 Å². The highest BCUT2D eigenvalue weighted by Crippen LogP contribution is 2.24. The summed E-state index contributed by atoms with van der Waals surface area (Å²) >= 11 is 0. The number of amides is 1. The number of fused-ring (bicyclic) bond motifs is 1. The van der Waals surface area contributed by atoms with Crippen LogP contribution in [0.4, 0.5) is 0 Å². The molecule has 0 fully saturated rings. The van der Waals surface area contributed by atoms with Gasteiger partial charge in [0.2, 0.25) is 5.91 Å². The molecule has 1 unspecified atom stereocenters. The van der Waals surface area contributed by atoms with Crippen molar-refractivity contribution >= 4 is 16.7 Å². The predicted octanol–water partition coefficient (Wildman–Crippen LogP) is 2.85. The summed E-state index contributed by atoms with van der Waals surface area (Å²) in [5.41, 5.74) is 5.17. The van der Waals surface area contributed by atoms with E-state index in [1.54, 1.807) is 6.92 Å². The van der Waals surface area contributed by atoms with Crippen LogP contribution in [-0.2, 0) is 4.79 Å². The summed E-state index contributed by atoms with van der Waals surface area (Å²) in [5.74, 6) is 0.701. The Bertz CT molecular complexity index is 633. The van der Waals surface area contributed by atoms with Crippen LogP contribution in [0.1, 0.15) is 26.7 Å². The molecule has 3 N–H and O–H groups in total. The van der Waals surface area contributed by atoms with Gasteiger partial charge in [-0.25, -0.2) is 0 Å². The summed E-state index contributed by atoms with van der Waals surface area (Å²) in [4.78, 5) is 12.0. The molecular weight excluding hydrogens is 276 g/mol. The maximum Gasteiger partial charge on any atom is 0.239 e. The molecule has 0 radical (unpaired) electrons. The van der Waals surface area contributed by atoms with Gasteiger partial charge in [0.05, 0.1) is 12.1 Å². The average Bonchev–Trinajstić information content (AvgIpc) is 2.51. The Morgan fingerprint density at radius 1 is 1.23 bits per heavy atom. The van der Waals surface area contributed by atoms with Crippen molar-refractivity contribution in [1.82, 2.24) is 5.32 Å². The Hall–Kier alpha value is -2.07. The predicted molar refractivity (Wildman–Crippen MR) is 90.0 cm³/mol. The first-order chi connectivity index (χ1) is 10.5. The van der Waals surface area contributed by atoms with E-state index in [9.17, 15) is 4.79 Å². The van der Waals surface area contributed by atoms with Gasteiger partial charge in [0.15, 0.2) is 0 Å². The van der Waals surface area contributed by atoms with Crippen molar-refractivity contribution in [2.45, 2.75) is 32.2 Å². The molecule has 0 aliphatic rings. The van der Waals surface area contributed by atoms with E-state index in [0.29, 0.717) is 19.6 Å². The van der Waals surface area contributed by atoms with Gasteiger partial charge in [-0.3, -0.25) is 4.79 Å². The first-order valence-corrected chi connectivity index (χ1v) is 7.72. The molecule has 2 rings (SSSR count). The van der Waals surface area contributed by atoms with E-state index in [1.165, 1.54) is 0 Å². The summed E-state index contributed by atoms with van der Waals surface area (Å²) in [7, 11) is 0. The SMILES string of the molecule is CCCC(C)(N)C(=O)NCCOc1cccc2ccccc12. The van der Waals surface area contributed by atoms with Gasteiger partial charge in [-0.2, -0.15) is 0 Å².